The number of rotatable bonds is 21. The van der Waals surface area contributed by atoms with Gasteiger partial charge in [0.05, 0.1) is 25.9 Å². The number of amides is 4. The van der Waals surface area contributed by atoms with Crippen LogP contribution in [0.25, 0.3) is 0 Å². The molecule has 3 aromatic carbocycles. The van der Waals surface area contributed by atoms with E-state index in [-0.39, 0.29) is 81.5 Å². The van der Waals surface area contributed by atoms with Gasteiger partial charge < -0.3 is 49.2 Å². The van der Waals surface area contributed by atoms with Crippen LogP contribution in [0.2, 0.25) is 0 Å². The molecule has 14 nitrogen and oxygen atoms in total. The van der Waals surface area contributed by atoms with Crippen molar-refractivity contribution in [1.29, 1.82) is 0 Å². The van der Waals surface area contributed by atoms with Gasteiger partial charge in [-0.2, -0.15) is 0 Å². The predicted molar refractivity (Wildman–Crippen MR) is 221 cm³/mol. The summed E-state index contributed by atoms with van der Waals surface area (Å²) >= 11 is 0. The van der Waals surface area contributed by atoms with Crippen molar-refractivity contribution in [3.05, 3.63) is 101 Å². The second-order valence-electron chi connectivity index (χ2n) is 15.8. The summed E-state index contributed by atoms with van der Waals surface area (Å²) in [6.07, 6.45) is 0.0307. The van der Waals surface area contributed by atoms with Crippen LogP contribution >= 0.6 is 7.82 Å². The molecule has 1 heterocycles. The number of carbonyl (C=O) groups excluding carboxylic acids is 4. The average Bonchev–Trinajstić information content (AvgIpc) is 3.15. The number of phosphoric ester groups is 1. The number of hydrogen-bond acceptors (Lipinski definition) is 10. The largest absolute Gasteiger partial charge is 2.00 e. The Bertz CT molecular complexity index is 1860. The summed E-state index contributed by atoms with van der Waals surface area (Å²) in [6, 6.07) is 21.8. The number of nitrogens with zero attached hydrogens (tertiary/aromatic N) is 1. The van der Waals surface area contributed by atoms with Gasteiger partial charge in [0.1, 0.15) is 17.9 Å². The topological polar surface area (TPSA) is 198 Å². The summed E-state index contributed by atoms with van der Waals surface area (Å²) in [4.78, 5) is 79.1. The number of phosphoric acid groups is 1. The third kappa shape index (κ3) is 16.1. The molecule has 4 atom stereocenters. The van der Waals surface area contributed by atoms with Crippen LogP contribution in [0.5, 0.6) is 5.75 Å². The van der Waals surface area contributed by atoms with Crippen LogP contribution in [0.3, 0.4) is 0 Å². The molecule has 0 bridgehead atoms. The molecule has 1 fully saturated rings. The Morgan fingerprint density at radius 1 is 0.898 bits per heavy atom. The number of benzene rings is 3. The summed E-state index contributed by atoms with van der Waals surface area (Å²) in [5.74, 6) is -1.24. The first-order valence-electron chi connectivity index (χ1n) is 19.7. The molecular weight excluding hydrogens is 804 g/mol. The number of nitrogens with one attached hydrogen (secondary N) is 3. The smallest absolute Gasteiger partial charge is 0.790 e. The molecule has 1 saturated heterocycles. The fraction of sp³-hybridized carbons (Fsp3) is 0.488. The van der Waals surface area contributed by atoms with E-state index in [1.165, 1.54) is 0 Å². The minimum Gasteiger partial charge on any atom is -0.790 e. The summed E-state index contributed by atoms with van der Waals surface area (Å²) < 4.78 is 28.0. The van der Waals surface area contributed by atoms with Crippen molar-refractivity contribution >= 4 is 69.4 Å². The number of urea groups is 1. The Morgan fingerprint density at radius 3 is 2.05 bits per heavy atom. The molecule has 0 aliphatic carbocycles. The van der Waals surface area contributed by atoms with Crippen molar-refractivity contribution in [2.24, 2.45) is 11.3 Å². The maximum atomic E-state index is 14.3. The summed E-state index contributed by atoms with van der Waals surface area (Å²) in [7, 11) is -5.29. The second-order valence-corrected chi connectivity index (χ2v) is 17.0. The molecule has 3 N–H and O–H groups in total. The van der Waals surface area contributed by atoms with Gasteiger partial charge in [-0.15, -0.1) is 0 Å². The first kappa shape index (κ1) is 49.9. The van der Waals surface area contributed by atoms with Crippen molar-refractivity contribution in [3.8, 4) is 5.75 Å². The molecule has 16 heteroatoms. The van der Waals surface area contributed by atoms with E-state index in [0.29, 0.717) is 31.7 Å². The fourth-order valence-corrected chi connectivity index (χ4v) is 7.35. The minimum atomic E-state index is -5.29. The SMILES string of the molecule is Cc1cccc(C)c1OCC(=O)N[C@@H](Cc1ccccc1)[C@H](C[C@@H](Cc1ccccc1)NC(=O)[C@H](C(C)C)N1CCCNC1=O)OC(=O)C(C)(C)CCOP(=O)([O-])[O-].[Ca+2]. The van der Waals surface area contributed by atoms with E-state index >= 15 is 0 Å². The zero-order valence-corrected chi connectivity index (χ0v) is 38.0. The third-order valence-corrected chi connectivity index (χ3v) is 10.7. The second kappa shape index (κ2) is 23.5. The summed E-state index contributed by atoms with van der Waals surface area (Å²) in [6.45, 7) is 10.7. The first-order chi connectivity index (χ1) is 27.4. The average molecular weight is 861 g/mol. The molecule has 0 unspecified atom stereocenters. The number of hydrogen-bond donors (Lipinski definition) is 3. The van der Waals surface area contributed by atoms with Crippen molar-refractivity contribution < 1.29 is 47.5 Å². The van der Waals surface area contributed by atoms with Crippen LogP contribution in [0, 0.1) is 25.2 Å². The molecule has 0 aromatic heterocycles. The van der Waals surface area contributed by atoms with Crippen molar-refractivity contribution in [2.45, 2.75) is 97.9 Å². The molecule has 316 valence electrons. The van der Waals surface area contributed by atoms with Crippen LogP contribution in [-0.2, 0) is 41.1 Å². The maximum Gasteiger partial charge on any atom is 2.00 e. The van der Waals surface area contributed by atoms with Crippen molar-refractivity contribution in [1.82, 2.24) is 20.9 Å². The van der Waals surface area contributed by atoms with Gasteiger partial charge in [0, 0.05) is 25.6 Å². The van der Waals surface area contributed by atoms with Gasteiger partial charge in [0.25, 0.3) is 5.91 Å². The molecule has 4 rings (SSSR count). The van der Waals surface area contributed by atoms with Crippen LogP contribution in [-0.4, -0.2) is 117 Å². The van der Waals surface area contributed by atoms with Crippen LogP contribution in [0.15, 0.2) is 78.9 Å². The molecule has 59 heavy (non-hydrogen) atoms. The van der Waals surface area contributed by atoms with E-state index < -0.39 is 56.0 Å². The fourth-order valence-electron chi connectivity index (χ4n) is 7.04. The van der Waals surface area contributed by atoms with E-state index in [0.717, 1.165) is 22.3 Å². The Balaban J connectivity index is 0.00000930. The molecule has 0 spiro atoms. The quantitative estimate of drug-likeness (QED) is 0.0806. The minimum absolute atomic E-state index is 0. The molecule has 0 saturated carbocycles. The van der Waals surface area contributed by atoms with Crippen LogP contribution in [0.4, 0.5) is 4.79 Å². The Kier molecular flexibility index (Phi) is 19.9. The van der Waals surface area contributed by atoms with Crippen LogP contribution in [0.1, 0.15) is 69.2 Å². The van der Waals surface area contributed by atoms with E-state index in [1.54, 1.807) is 18.7 Å². The number of aryl methyl sites for hydroxylation is 2. The van der Waals surface area contributed by atoms with E-state index in [1.807, 2.05) is 107 Å². The van der Waals surface area contributed by atoms with Gasteiger partial charge in [-0.25, -0.2) is 4.79 Å². The van der Waals surface area contributed by atoms with Gasteiger partial charge in [-0.3, -0.25) is 14.4 Å². The van der Waals surface area contributed by atoms with Gasteiger partial charge in [-0.05, 0) is 81.5 Å². The number of ether oxygens (including phenoxy) is 2. The Hall–Kier alpha value is -3.49. The van der Waals surface area contributed by atoms with E-state index in [9.17, 15) is 33.5 Å². The monoisotopic (exact) mass is 860 g/mol. The van der Waals surface area contributed by atoms with E-state index in [2.05, 4.69) is 20.5 Å². The third-order valence-electron chi connectivity index (χ3n) is 10.2. The van der Waals surface area contributed by atoms with Gasteiger partial charge >= 0.3 is 49.7 Å². The van der Waals surface area contributed by atoms with Gasteiger partial charge in [0.15, 0.2) is 6.61 Å². The number of esters is 1. The van der Waals surface area contributed by atoms with Crippen molar-refractivity contribution in [2.75, 3.05) is 26.3 Å². The summed E-state index contributed by atoms with van der Waals surface area (Å²) in [5.41, 5.74) is 2.11. The molecule has 0 radical (unpaired) electrons. The van der Waals surface area contributed by atoms with Gasteiger partial charge in [-0.1, -0.05) is 92.7 Å². The molecule has 1 aliphatic heterocycles. The summed E-state index contributed by atoms with van der Waals surface area (Å²) in [5, 5.41) is 9.07. The standard InChI is InChI=1S/C43H59N4O10P.Ca/c1-29(2)38(47-23-14-22-44-42(47)51)40(49)45-34(25-32-17-9-7-10-18-32)27-36(57-41(50)43(5,6)21-24-56-58(52,53)54)35(26-33-19-11-8-12-20-33)46-37(48)28-55-39-30(3)15-13-16-31(39)4;/h7-13,15-20,29,34-36,38H,14,21-28H2,1-6H3,(H,44,51)(H,45,49)(H,46,48)(H2,52,53,54);/q;+2/p-2/t34-,35+,36+,38+;/m1./s1. The molecule has 4 amide bonds. The molecule has 1 aliphatic rings. The zero-order valence-electron chi connectivity index (χ0n) is 34.9. The van der Waals surface area contributed by atoms with Gasteiger partial charge in [0.2, 0.25) is 5.91 Å². The predicted octanol–water partition coefficient (Wildman–Crippen LogP) is 3.76. The normalized spacial score (nSPS) is 15.2. The number of carbonyl (C=O) groups is 4. The van der Waals surface area contributed by atoms with Crippen LogP contribution < -0.4 is 30.5 Å². The zero-order chi connectivity index (χ0) is 42.5. The van der Waals surface area contributed by atoms with Crippen molar-refractivity contribution in [3.63, 3.8) is 0 Å². The first-order valence-corrected chi connectivity index (χ1v) is 21.2. The number of para-hydroxylation sites is 1. The molecule has 3 aromatic rings. The Morgan fingerprint density at radius 2 is 1.49 bits per heavy atom. The molecular formula is C43H57CaN4O10P. The van der Waals surface area contributed by atoms with E-state index in [4.69, 9.17) is 9.47 Å². The maximum absolute atomic E-state index is 14.3. The Labute approximate surface area is 377 Å².